The van der Waals surface area contributed by atoms with Crippen LogP contribution in [0.5, 0.6) is 0 Å². The maximum Gasteiger partial charge on any atom is 0.255 e. The summed E-state index contributed by atoms with van der Waals surface area (Å²) in [7, 11) is 0. The SMILES string of the molecule is O=C([O-])Cc1ccccc1C(=O)Nc1ccc(Cl)cc1Cl. The molecule has 0 spiro atoms. The second-order valence-corrected chi connectivity index (χ2v) is 5.13. The van der Waals surface area contributed by atoms with E-state index >= 15 is 0 Å². The van der Waals surface area contributed by atoms with Crippen LogP contribution < -0.4 is 10.4 Å². The highest BCUT2D eigenvalue weighted by Gasteiger charge is 2.12. The van der Waals surface area contributed by atoms with Gasteiger partial charge in [0.05, 0.1) is 10.7 Å². The highest BCUT2D eigenvalue weighted by Crippen LogP contribution is 2.26. The van der Waals surface area contributed by atoms with E-state index in [1.807, 2.05) is 0 Å². The Balaban J connectivity index is 2.26. The van der Waals surface area contributed by atoms with Gasteiger partial charge in [-0.25, -0.2) is 0 Å². The van der Waals surface area contributed by atoms with E-state index in [0.29, 0.717) is 21.3 Å². The Hall–Kier alpha value is -2.04. The van der Waals surface area contributed by atoms with Crippen LogP contribution in [0.3, 0.4) is 0 Å². The van der Waals surface area contributed by atoms with E-state index in [0.717, 1.165) is 0 Å². The van der Waals surface area contributed by atoms with Crippen molar-refractivity contribution in [1.82, 2.24) is 0 Å². The predicted octanol–water partition coefficient (Wildman–Crippen LogP) is 2.54. The average Bonchev–Trinajstić information content (AvgIpc) is 2.42. The first-order chi connectivity index (χ1) is 9.97. The number of halogens is 2. The van der Waals surface area contributed by atoms with Gasteiger partial charge in [0.15, 0.2) is 0 Å². The van der Waals surface area contributed by atoms with E-state index in [1.165, 1.54) is 12.1 Å². The lowest BCUT2D eigenvalue weighted by Gasteiger charge is -2.11. The van der Waals surface area contributed by atoms with Crippen molar-refractivity contribution in [2.24, 2.45) is 0 Å². The van der Waals surface area contributed by atoms with Gasteiger partial charge in [-0.3, -0.25) is 4.79 Å². The van der Waals surface area contributed by atoms with Crippen molar-refractivity contribution in [2.75, 3.05) is 5.32 Å². The smallest absolute Gasteiger partial charge is 0.255 e. The fraction of sp³-hybridized carbons (Fsp3) is 0.0667. The summed E-state index contributed by atoms with van der Waals surface area (Å²) in [6.45, 7) is 0. The summed E-state index contributed by atoms with van der Waals surface area (Å²) in [5.41, 5.74) is 1.03. The van der Waals surface area contributed by atoms with Gasteiger partial charge < -0.3 is 15.2 Å². The fourth-order valence-electron chi connectivity index (χ4n) is 1.83. The van der Waals surface area contributed by atoms with Crippen LogP contribution in [0.15, 0.2) is 42.5 Å². The average molecular weight is 323 g/mol. The molecule has 108 valence electrons. The third-order valence-corrected chi connectivity index (χ3v) is 3.32. The van der Waals surface area contributed by atoms with Crippen LogP contribution >= 0.6 is 23.2 Å². The third kappa shape index (κ3) is 3.97. The molecule has 1 N–H and O–H groups in total. The number of amides is 1. The number of carboxylic acid groups (broad SMARTS) is 1. The van der Waals surface area contributed by atoms with Gasteiger partial charge in [0.2, 0.25) is 0 Å². The van der Waals surface area contributed by atoms with Crippen molar-refractivity contribution in [3.05, 3.63) is 63.6 Å². The molecule has 21 heavy (non-hydrogen) atoms. The maximum absolute atomic E-state index is 12.2. The van der Waals surface area contributed by atoms with Gasteiger partial charge in [0, 0.05) is 23.0 Å². The highest BCUT2D eigenvalue weighted by atomic mass is 35.5. The summed E-state index contributed by atoms with van der Waals surface area (Å²) in [5.74, 6) is -1.70. The van der Waals surface area contributed by atoms with Crippen molar-refractivity contribution in [3.8, 4) is 0 Å². The molecule has 0 aliphatic carbocycles. The Morgan fingerprint density at radius 1 is 1.10 bits per heavy atom. The zero-order valence-corrected chi connectivity index (χ0v) is 12.2. The molecule has 0 saturated heterocycles. The van der Waals surface area contributed by atoms with Crippen molar-refractivity contribution in [2.45, 2.75) is 6.42 Å². The van der Waals surface area contributed by atoms with Gasteiger partial charge in [-0.2, -0.15) is 0 Å². The largest absolute Gasteiger partial charge is 0.550 e. The molecule has 2 rings (SSSR count). The van der Waals surface area contributed by atoms with Crippen LogP contribution in [0.4, 0.5) is 5.69 Å². The van der Waals surface area contributed by atoms with Crippen LogP contribution in [0.1, 0.15) is 15.9 Å². The Morgan fingerprint density at radius 3 is 2.48 bits per heavy atom. The van der Waals surface area contributed by atoms with Crippen LogP contribution in [0.25, 0.3) is 0 Å². The zero-order valence-electron chi connectivity index (χ0n) is 10.7. The first-order valence-electron chi connectivity index (χ1n) is 6.01. The van der Waals surface area contributed by atoms with E-state index in [1.54, 1.807) is 30.3 Å². The molecule has 0 atom stereocenters. The van der Waals surface area contributed by atoms with E-state index in [2.05, 4.69) is 5.32 Å². The molecule has 0 unspecified atom stereocenters. The number of benzene rings is 2. The van der Waals surface area contributed by atoms with E-state index in [4.69, 9.17) is 23.2 Å². The number of carbonyl (C=O) groups is 2. The van der Waals surface area contributed by atoms with E-state index in [-0.39, 0.29) is 12.0 Å². The molecule has 2 aromatic carbocycles. The molecule has 0 aliphatic rings. The monoisotopic (exact) mass is 322 g/mol. The molecule has 0 radical (unpaired) electrons. The number of aliphatic carboxylic acids is 1. The summed E-state index contributed by atoms with van der Waals surface area (Å²) >= 11 is 11.8. The van der Waals surface area contributed by atoms with Crippen molar-refractivity contribution >= 4 is 40.8 Å². The normalized spacial score (nSPS) is 10.2. The molecule has 1 amide bonds. The topological polar surface area (TPSA) is 69.2 Å². The van der Waals surface area contributed by atoms with Gasteiger partial charge in [-0.1, -0.05) is 41.4 Å². The summed E-state index contributed by atoms with van der Waals surface area (Å²) in [6, 6.07) is 11.1. The second kappa shape index (κ2) is 6.61. The van der Waals surface area contributed by atoms with Crippen molar-refractivity contribution < 1.29 is 14.7 Å². The van der Waals surface area contributed by atoms with Crippen LogP contribution in [-0.2, 0) is 11.2 Å². The zero-order chi connectivity index (χ0) is 15.4. The van der Waals surface area contributed by atoms with Gasteiger partial charge in [-0.15, -0.1) is 0 Å². The molecule has 0 fully saturated rings. The molecule has 4 nitrogen and oxygen atoms in total. The molecule has 0 saturated carbocycles. The number of rotatable bonds is 4. The summed E-state index contributed by atoms with van der Waals surface area (Å²) in [5, 5.41) is 14.1. The molecule has 0 bridgehead atoms. The Kier molecular flexibility index (Phi) is 4.83. The number of hydrogen-bond donors (Lipinski definition) is 1. The van der Waals surface area contributed by atoms with E-state index < -0.39 is 11.9 Å². The number of hydrogen-bond acceptors (Lipinski definition) is 3. The minimum Gasteiger partial charge on any atom is -0.550 e. The highest BCUT2D eigenvalue weighted by molar-refractivity contribution is 6.36. The predicted molar refractivity (Wildman–Crippen MR) is 79.6 cm³/mol. The molecule has 2 aromatic rings. The lowest BCUT2D eigenvalue weighted by Crippen LogP contribution is -2.26. The van der Waals surface area contributed by atoms with Crippen LogP contribution in [-0.4, -0.2) is 11.9 Å². The third-order valence-electron chi connectivity index (χ3n) is 2.78. The van der Waals surface area contributed by atoms with Gasteiger partial charge >= 0.3 is 0 Å². The molecular weight excluding hydrogens is 313 g/mol. The van der Waals surface area contributed by atoms with Gasteiger partial charge in [-0.05, 0) is 29.8 Å². The fourth-order valence-corrected chi connectivity index (χ4v) is 2.29. The standard InChI is InChI=1S/C15H11Cl2NO3/c16-10-5-6-13(12(17)8-10)18-15(21)11-4-2-1-3-9(11)7-14(19)20/h1-6,8H,7H2,(H,18,21)(H,19,20)/p-1. The minimum atomic E-state index is -1.25. The summed E-state index contributed by atoms with van der Waals surface area (Å²) < 4.78 is 0. The van der Waals surface area contributed by atoms with Crippen LogP contribution in [0, 0.1) is 0 Å². The quantitative estimate of drug-likeness (QED) is 0.940. The van der Waals surface area contributed by atoms with E-state index in [9.17, 15) is 14.7 Å². The first-order valence-corrected chi connectivity index (χ1v) is 6.77. The molecular formula is C15H10Cl2NO3-. The van der Waals surface area contributed by atoms with Crippen LogP contribution in [0.2, 0.25) is 10.0 Å². The Bertz CT molecular complexity index is 701. The summed E-state index contributed by atoms with van der Waals surface area (Å²) in [4.78, 5) is 23.0. The number of nitrogens with one attached hydrogen (secondary N) is 1. The maximum atomic E-state index is 12.2. The molecule has 0 aliphatic heterocycles. The number of carboxylic acids is 1. The Labute approximate surface area is 131 Å². The van der Waals surface area contributed by atoms with Gasteiger partial charge in [0.1, 0.15) is 0 Å². The summed E-state index contributed by atoms with van der Waals surface area (Å²) in [6.07, 6.45) is -0.335. The number of carbonyl (C=O) groups excluding carboxylic acids is 2. The van der Waals surface area contributed by atoms with Crippen molar-refractivity contribution in [1.29, 1.82) is 0 Å². The molecule has 0 heterocycles. The number of anilines is 1. The second-order valence-electron chi connectivity index (χ2n) is 4.28. The first kappa shape index (κ1) is 15.4. The van der Waals surface area contributed by atoms with Crippen molar-refractivity contribution in [3.63, 3.8) is 0 Å². The minimum absolute atomic E-state index is 0.257. The molecule has 0 aromatic heterocycles. The lowest BCUT2D eigenvalue weighted by molar-refractivity contribution is -0.304. The molecule has 6 heteroatoms. The lowest BCUT2D eigenvalue weighted by atomic mass is 10.0. The van der Waals surface area contributed by atoms with Gasteiger partial charge in [0.25, 0.3) is 5.91 Å². The Morgan fingerprint density at radius 2 is 1.81 bits per heavy atom.